The van der Waals surface area contributed by atoms with Crippen LogP contribution in [0.3, 0.4) is 0 Å². The zero-order valence-corrected chi connectivity index (χ0v) is 27.1. The lowest BCUT2D eigenvalue weighted by atomic mass is 9.92. The van der Waals surface area contributed by atoms with E-state index in [0.717, 1.165) is 45.4 Å². The Morgan fingerprint density at radius 1 is 1.11 bits per heavy atom. The Morgan fingerprint density at radius 3 is 2.56 bits per heavy atom. The number of benzene rings is 2. The summed E-state index contributed by atoms with van der Waals surface area (Å²) in [6.45, 7) is 15.7. The summed E-state index contributed by atoms with van der Waals surface area (Å²) in [6.07, 6.45) is 4.18. The highest BCUT2D eigenvalue weighted by atomic mass is 19.1. The van der Waals surface area contributed by atoms with Gasteiger partial charge >= 0.3 is 6.03 Å². The van der Waals surface area contributed by atoms with Crippen molar-refractivity contribution < 1.29 is 9.18 Å². The fourth-order valence-corrected chi connectivity index (χ4v) is 4.24. The van der Waals surface area contributed by atoms with Crippen LogP contribution < -0.4 is 16.4 Å². The minimum atomic E-state index is -0.618. The highest BCUT2D eigenvalue weighted by Gasteiger charge is 2.22. The Labute approximate surface area is 264 Å². The van der Waals surface area contributed by atoms with Gasteiger partial charge in [-0.2, -0.15) is 5.10 Å². The molecule has 0 unspecified atom stereocenters. The van der Waals surface area contributed by atoms with Gasteiger partial charge in [-0.15, -0.1) is 0 Å². The van der Waals surface area contributed by atoms with Crippen molar-refractivity contribution in [2.24, 2.45) is 10.7 Å². The quantitative estimate of drug-likeness (QED) is 0.152. The number of anilines is 2. The summed E-state index contributed by atoms with van der Waals surface area (Å²) in [5, 5.41) is 11.2. The summed E-state index contributed by atoms with van der Waals surface area (Å²) in [5.41, 5.74) is 12.0. The number of aromatic nitrogens is 3. The molecule has 0 fully saturated rings. The Morgan fingerprint density at radius 2 is 1.87 bits per heavy atom. The molecule has 232 valence electrons. The molecular formula is C36H40FN7O. The number of fused-ring (bicyclic) bond motifs is 1. The van der Waals surface area contributed by atoms with Crippen molar-refractivity contribution in [2.75, 3.05) is 10.6 Å². The third-order valence-electron chi connectivity index (χ3n) is 7.28. The summed E-state index contributed by atoms with van der Waals surface area (Å²) in [7, 11) is 0. The Balaban J connectivity index is 1.64. The van der Waals surface area contributed by atoms with Gasteiger partial charge in [0.2, 0.25) is 0 Å². The van der Waals surface area contributed by atoms with Gasteiger partial charge < -0.3 is 11.1 Å². The Hall–Kier alpha value is -5.23. The molecule has 8 nitrogen and oxygen atoms in total. The largest absolute Gasteiger partial charge is 0.384 e. The highest BCUT2D eigenvalue weighted by Crippen LogP contribution is 2.28. The second-order valence-electron chi connectivity index (χ2n) is 12.1. The number of carbonyl (C=O) groups is 1. The maximum absolute atomic E-state index is 15.1. The molecule has 4 N–H and O–H groups in total. The van der Waals surface area contributed by atoms with Gasteiger partial charge in [0.15, 0.2) is 0 Å². The molecule has 45 heavy (non-hydrogen) atoms. The van der Waals surface area contributed by atoms with Crippen molar-refractivity contribution in [2.45, 2.75) is 67.2 Å². The molecule has 2 amide bonds. The van der Waals surface area contributed by atoms with Crippen LogP contribution in [0, 0.1) is 24.6 Å². The van der Waals surface area contributed by atoms with E-state index in [1.807, 2.05) is 84.9 Å². The number of nitrogens with zero attached hydrogens (tertiary/aromatic N) is 4. The van der Waals surface area contributed by atoms with E-state index in [1.54, 1.807) is 24.0 Å². The second kappa shape index (κ2) is 13.6. The second-order valence-corrected chi connectivity index (χ2v) is 12.1. The van der Waals surface area contributed by atoms with Crippen LogP contribution in [0.25, 0.3) is 16.6 Å². The smallest absolute Gasteiger partial charge is 0.324 e. The van der Waals surface area contributed by atoms with Crippen molar-refractivity contribution in [3.8, 4) is 17.5 Å². The molecule has 2 aromatic heterocycles. The van der Waals surface area contributed by atoms with Gasteiger partial charge in [0.05, 0.1) is 22.6 Å². The van der Waals surface area contributed by atoms with Crippen LogP contribution >= 0.6 is 0 Å². The Bertz CT molecular complexity index is 1910. The lowest BCUT2D eigenvalue weighted by Gasteiger charge is -2.14. The summed E-state index contributed by atoms with van der Waals surface area (Å²) >= 11 is 0. The molecule has 0 saturated carbocycles. The predicted octanol–water partition coefficient (Wildman–Crippen LogP) is 8.17. The van der Waals surface area contributed by atoms with Gasteiger partial charge in [-0.3, -0.25) is 10.3 Å². The number of urea groups is 1. The number of allylic oxidation sites excluding steroid dienone is 3. The third kappa shape index (κ3) is 8.03. The average molecular weight is 606 g/mol. The maximum Gasteiger partial charge on any atom is 0.324 e. The molecule has 0 atom stereocenters. The van der Waals surface area contributed by atoms with E-state index in [0.29, 0.717) is 22.8 Å². The van der Waals surface area contributed by atoms with Gasteiger partial charge in [-0.25, -0.2) is 18.9 Å². The van der Waals surface area contributed by atoms with E-state index in [4.69, 9.17) is 10.8 Å². The molecule has 0 aliphatic rings. The minimum Gasteiger partial charge on any atom is -0.384 e. The van der Waals surface area contributed by atoms with Gasteiger partial charge in [0, 0.05) is 40.4 Å². The number of rotatable bonds is 6. The molecule has 0 aliphatic carbocycles. The molecule has 4 aromatic rings. The van der Waals surface area contributed by atoms with E-state index in [2.05, 4.69) is 32.5 Å². The van der Waals surface area contributed by atoms with Crippen LogP contribution in [0.1, 0.15) is 71.7 Å². The van der Waals surface area contributed by atoms with Crippen LogP contribution in [-0.2, 0) is 5.41 Å². The first-order chi connectivity index (χ1) is 21.3. The first-order valence-corrected chi connectivity index (χ1v) is 14.8. The fourth-order valence-electron chi connectivity index (χ4n) is 4.24. The number of hydrogen-bond acceptors (Lipinski definition) is 5. The molecular weight excluding hydrogens is 565 g/mol. The van der Waals surface area contributed by atoms with Gasteiger partial charge in [0.25, 0.3) is 0 Å². The Kier molecular flexibility index (Phi) is 9.88. The number of aryl methyl sites for hydroxylation is 1. The van der Waals surface area contributed by atoms with Crippen molar-refractivity contribution in [3.63, 3.8) is 0 Å². The normalized spacial score (nSPS) is 12.0. The van der Waals surface area contributed by atoms with E-state index >= 15 is 4.39 Å². The number of pyridine rings is 1. The number of carbonyl (C=O) groups excluding carboxylic acids is 1. The molecule has 0 aliphatic heterocycles. The first kappa shape index (κ1) is 32.7. The molecule has 9 heteroatoms. The van der Waals surface area contributed by atoms with Crippen LogP contribution in [0.2, 0.25) is 0 Å². The summed E-state index contributed by atoms with van der Waals surface area (Å²) in [5.74, 6) is 6.57. The number of nitrogens with two attached hydrogens (primary N) is 1. The average Bonchev–Trinajstić information content (AvgIpc) is 3.42. The zero-order chi connectivity index (χ0) is 32.9. The van der Waals surface area contributed by atoms with Crippen LogP contribution in [0.4, 0.5) is 20.7 Å². The van der Waals surface area contributed by atoms with E-state index < -0.39 is 11.8 Å². The van der Waals surface area contributed by atoms with E-state index in [-0.39, 0.29) is 11.1 Å². The topological polar surface area (TPSA) is 110 Å². The molecule has 0 saturated heterocycles. The molecule has 0 bridgehead atoms. The minimum absolute atomic E-state index is 0.00138. The summed E-state index contributed by atoms with van der Waals surface area (Å²) in [4.78, 5) is 22.0. The maximum atomic E-state index is 15.1. The van der Waals surface area contributed by atoms with Crippen molar-refractivity contribution >= 4 is 34.7 Å². The number of amides is 2. The van der Waals surface area contributed by atoms with Crippen LogP contribution in [0.5, 0.6) is 0 Å². The standard InChI is InChI=1S/C36H40FN7O/c1-9-23(4)27(21-40-34(38)22(2)3)13-12-25-19-31(29(37)17-24(25)5)41-35(45)42-33-20-32(36(6,7)8)43-44(33)28-14-15-30-26(18-28)11-10-16-39-30/h10-11,14-21H,9,38H2,1-8H3,(H2,41,42,45)/b27-23+,40-21?. The van der Waals surface area contributed by atoms with Crippen LogP contribution in [-0.4, -0.2) is 27.0 Å². The lowest BCUT2D eigenvalue weighted by Crippen LogP contribution is -2.22. The van der Waals surface area contributed by atoms with E-state index in [9.17, 15) is 4.79 Å². The lowest BCUT2D eigenvalue weighted by molar-refractivity contribution is 0.262. The third-order valence-corrected chi connectivity index (χ3v) is 7.28. The van der Waals surface area contributed by atoms with Gasteiger partial charge in [-0.1, -0.05) is 51.2 Å². The molecule has 2 heterocycles. The van der Waals surface area contributed by atoms with Crippen molar-refractivity contribution in [1.82, 2.24) is 14.8 Å². The number of aliphatic imine (C=N–C) groups is 1. The SMILES string of the molecule is CC/C(C)=C(\C#Cc1cc(NC(=O)Nc2cc(C(C)(C)C)nn2-c2ccc3ncccc3c2)c(F)cc1C)C=NC(N)=C(C)C. The monoisotopic (exact) mass is 605 g/mol. The summed E-state index contributed by atoms with van der Waals surface area (Å²) < 4.78 is 16.8. The number of hydrogen-bond donors (Lipinski definition) is 3. The van der Waals surface area contributed by atoms with Crippen molar-refractivity contribution in [3.05, 3.63) is 99.9 Å². The molecule has 0 spiro atoms. The van der Waals surface area contributed by atoms with Crippen LogP contribution in [0.15, 0.2) is 82.3 Å². The highest BCUT2D eigenvalue weighted by molar-refractivity contribution is 6.00. The predicted molar refractivity (Wildman–Crippen MR) is 182 cm³/mol. The van der Waals surface area contributed by atoms with E-state index in [1.165, 1.54) is 12.1 Å². The number of nitrogens with one attached hydrogen (secondary N) is 2. The van der Waals surface area contributed by atoms with Crippen molar-refractivity contribution in [1.29, 1.82) is 0 Å². The summed E-state index contributed by atoms with van der Waals surface area (Å²) in [6, 6.07) is 13.7. The van der Waals surface area contributed by atoms with Gasteiger partial charge in [0.1, 0.15) is 17.5 Å². The fraction of sp³-hybridized carbons (Fsp3) is 0.278. The first-order valence-electron chi connectivity index (χ1n) is 14.8. The zero-order valence-electron chi connectivity index (χ0n) is 27.1. The number of halogens is 1. The molecule has 2 aromatic carbocycles. The molecule has 4 rings (SSSR count). The molecule has 0 radical (unpaired) electrons. The van der Waals surface area contributed by atoms with Gasteiger partial charge in [-0.05, 0) is 81.7 Å².